The molecule has 1 N–H and O–H groups in total. The van der Waals surface area contributed by atoms with E-state index in [1.807, 2.05) is 30.4 Å². The fourth-order valence-electron chi connectivity index (χ4n) is 3.84. The van der Waals surface area contributed by atoms with Gasteiger partial charge in [-0.05, 0) is 36.1 Å². The molecule has 0 radical (unpaired) electrons. The van der Waals surface area contributed by atoms with Crippen LogP contribution in [0, 0.1) is 21.8 Å². The summed E-state index contributed by atoms with van der Waals surface area (Å²) < 4.78 is 14.4. The maximum atomic E-state index is 14.4. The lowest BCUT2D eigenvalue weighted by molar-refractivity contribution is -0.385. The first kappa shape index (κ1) is 15.1. The van der Waals surface area contributed by atoms with Crippen LogP contribution in [0.2, 0.25) is 5.02 Å². The van der Waals surface area contributed by atoms with Gasteiger partial charge in [0, 0.05) is 17.0 Å². The molecule has 1 heterocycles. The number of nitrogens with zero attached hydrogens (tertiary/aromatic N) is 1. The quantitative estimate of drug-likeness (QED) is 0.462. The number of fused-ring (bicyclic) bond motifs is 3. The van der Waals surface area contributed by atoms with E-state index in [2.05, 4.69) is 5.32 Å². The first-order valence-electron chi connectivity index (χ1n) is 7.71. The maximum absolute atomic E-state index is 14.4. The molecule has 4 nitrogen and oxygen atoms in total. The number of halogens is 2. The molecule has 0 fully saturated rings. The molecule has 1 aliphatic heterocycles. The van der Waals surface area contributed by atoms with Crippen LogP contribution in [0.15, 0.2) is 48.6 Å². The molecule has 0 saturated heterocycles. The predicted octanol–water partition coefficient (Wildman–Crippen LogP) is 5.21. The number of nitro groups is 1. The summed E-state index contributed by atoms with van der Waals surface area (Å²) in [7, 11) is 0. The normalized spacial score (nSPS) is 24.2. The molecule has 3 atom stereocenters. The summed E-state index contributed by atoms with van der Waals surface area (Å²) in [5.74, 6) is -0.556. The van der Waals surface area contributed by atoms with Crippen molar-refractivity contribution in [3.8, 4) is 0 Å². The fraction of sp³-hybridized carbons (Fsp3) is 0.222. The lowest BCUT2D eigenvalue weighted by Crippen LogP contribution is -2.30. The van der Waals surface area contributed by atoms with Crippen LogP contribution < -0.4 is 5.32 Å². The molecular formula is C18H14ClFN2O2. The third-order valence-electron chi connectivity index (χ3n) is 4.85. The minimum atomic E-state index is -0.471. The molecule has 0 saturated carbocycles. The van der Waals surface area contributed by atoms with E-state index >= 15 is 0 Å². The minimum absolute atomic E-state index is 0.0370. The Kier molecular flexibility index (Phi) is 3.53. The Balaban J connectivity index is 1.88. The van der Waals surface area contributed by atoms with Gasteiger partial charge in [0.15, 0.2) is 0 Å². The van der Waals surface area contributed by atoms with E-state index in [1.54, 1.807) is 6.07 Å². The molecule has 1 aliphatic carbocycles. The number of nitrogens with one attached hydrogen (secondary N) is 1. The molecule has 24 heavy (non-hydrogen) atoms. The third kappa shape index (κ3) is 2.27. The smallest absolute Gasteiger partial charge is 0.275 e. The summed E-state index contributed by atoms with van der Waals surface area (Å²) in [6, 6.07) is 9.70. The number of allylic oxidation sites excluding steroid dienone is 2. The number of rotatable bonds is 2. The third-order valence-corrected chi connectivity index (χ3v) is 5.09. The highest BCUT2D eigenvalue weighted by Gasteiger charge is 2.42. The highest BCUT2D eigenvalue weighted by atomic mass is 35.5. The van der Waals surface area contributed by atoms with Crippen molar-refractivity contribution in [2.75, 3.05) is 5.32 Å². The summed E-state index contributed by atoms with van der Waals surface area (Å²) in [5, 5.41) is 15.2. The zero-order valence-corrected chi connectivity index (χ0v) is 13.3. The number of benzene rings is 2. The zero-order chi connectivity index (χ0) is 16.8. The van der Waals surface area contributed by atoms with Gasteiger partial charge >= 0.3 is 0 Å². The van der Waals surface area contributed by atoms with Gasteiger partial charge in [-0.15, -0.1) is 0 Å². The first-order valence-corrected chi connectivity index (χ1v) is 8.09. The average Bonchev–Trinajstić information content (AvgIpc) is 3.04. The molecule has 3 unspecified atom stereocenters. The molecule has 4 rings (SSSR count). The van der Waals surface area contributed by atoms with Crippen molar-refractivity contribution in [3.05, 3.63) is 80.6 Å². The van der Waals surface area contributed by atoms with Crippen LogP contribution >= 0.6 is 11.6 Å². The second-order valence-corrected chi connectivity index (χ2v) is 6.58. The van der Waals surface area contributed by atoms with Crippen LogP contribution in [-0.2, 0) is 0 Å². The van der Waals surface area contributed by atoms with Crippen molar-refractivity contribution in [2.45, 2.75) is 18.4 Å². The lowest BCUT2D eigenvalue weighted by atomic mass is 9.76. The summed E-state index contributed by atoms with van der Waals surface area (Å²) >= 11 is 6.10. The second-order valence-electron chi connectivity index (χ2n) is 6.14. The molecule has 0 amide bonds. The van der Waals surface area contributed by atoms with Gasteiger partial charge in [-0.3, -0.25) is 10.1 Å². The SMILES string of the molecule is O=[N+]([O-])c1ccc(F)c2c1C1C=CCC1C(c1cccc(Cl)c1)N2. The van der Waals surface area contributed by atoms with Gasteiger partial charge in [-0.1, -0.05) is 35.9 Å². The number of hydrogen-bond donors (Lipinski definition) is 1. The van der Waals surface area contributed by atoms with E-state index in [0.29, 0.717) is 10.6 Å². The number of hydrogen-bond acceptors (Lipinski definition) is 3. The summed E-state index contributed by atoms with van der Waals surface area (Å²) in [6.07, 6.45) is 4.74. The molecular weight excluding hydrogens is 331 g/mol. The number of nitro benzene ring substituents is 1. The Labute approximate surface area is 143 Å². The first-order chi connectivity index (χ1) is 11.6. The summed E-state index contributed by atoms with van der Waals surface area (Å²) in [4.78, 5) is 10.9. The molecule has 2 aromatic carbocycles. The van der Waals surface area contributed by atoms with E-state index in [0.717, 1.165) is 18.1 Å². The van der Waals surface area contributed by atoms with E-state index in [4.69, 9.17) is 11.6 Å². The Bertz CT molecular complexity index is 868. The Morgan fingerprint density at radius 3 is 2.88 bits per heavy atom. The van der Waals surface area contributed by atoms with Crippen molar-refractivity contribution in [1.82, 2.24) is 0 Å². The molecule has 0 spiro atoms. The van der Waals surface area contributed by atoms with Crippen LogP contribution in [0.1, 0.15) is 29.5 Å². The van der Waals surface area contributed by atoms with Gasteiger partial charge in [0.25, 0.3) is 5.69 Å². The van der Waals surface area contributed by atoms with Crippen molar-refractivity contribution >= 4 is 23.0 Å². The molecule has 0 aromatic heterocycles. The van der Waals surface area contributed by atoms with Crippen molar-refractivity contribution in [3.63, 3.8) is 0 Å². The van der Waals surface area contributed by atoms with E-state index in [1.165, 1.54) is 6.07 Å². The monoisotopic (exact) mass is 344 g/mol. The van der Waals surface area contributed by atoms with Crippen LogP contribution in [0.5, 0.6) is 0 Å². The van der Waals surface area contributed by atoms with E-state index in [9.17, 15) is 14.5 Å². The van der Waals surface area contributed by atoms with Crippen LogP contribution in [-0.4, -0.2) is 4.92 Å². The van der Waals surface area contributed by atoms with Gasteiger partial charge in [-0.2, -0.15) is 0 Å². The maximum Gasteiger partial charge on any atom is 0.275 e. The van der Waals surface area contributed by atoms with Crippen molar-refractivity contribution in [2.24, 2.45) is 5.92 Å². The Hall–Kier alpha value is -2.40. The van der Waals surface area contributed by atoms with Gasteiger partial charge in [0.05, 0.1) is 22.2 Å². The summed E-state index contributed by atoms with van der Waals surface area (Å²) in [5.41, 5.74) is 1.58. The van der Waals surface area contributed by atoms with Crippen molar-refractivity contribution in [1.29, 1.82) is 0 Å². The van der Waals surface area contributed by atoms with Crippen LogP contribution in [0.4, 0.5) is 15.8 Å². The van der Waals surface area contributed by atoms with Gasteiger partial charge < -0.3 is 5.32 Å². The topological polar surface area (TPSA) is 55.2 Å². The Morgan fingerprint density at radius 1 is 1.29 bits per heavy atom. The molecule has 0 bridgehead atoms. The van der Waals surface area contributed by atoms with E-state index in [-0.39, 0.29) is 29.3 Å². The number of anilines is 1. The van der Waals surface area contributed by atoms with Crippen LogP contribution in [0.25, 0.3) is 0 Å². The standard InChI is InChI=1S/C18H14ClFN2O2/c19-11-4-1-3-10(9-11)17-13-6-2-5-12(13)16-15(22(23)24)8-7-14(20)18(16)21-17/h1-5,7-9,12-13,17,21H,6H2. The van der Waals surface area contributed by atoms with Gasteiger partial charge in [-0.25, -0.2) is 4.39 Å². The Morgan fingerprint density at radius 2 is 2.12 bits per heavy atom. The zero-order valence-electron chi connectivity index (χ0n) is 12.6. The van der Waals surface area contributed by atoms with Crippen molar-refractivity contribution < 1.29 is 9.31 Å². The molecule has 122 valence electrons. The highest BCUT2D eigenvalue weighted by molar-refractivity contribution is 6.30. The minimum Gasteiger partial charge on any atom is -0.375 e. The van der Waals surface area contributed by atoms with Crippen LogP contribution in [0.3, 0.4) is 0 Å². The van der Waals surface area contributed by atoms with Gasteiger partial charge in [0.2, 0.25) is 0 Å². The second kappa shape index (κ2) is 5.60. The molecule has 6 heteroatoms. The highest BCUT2D eigenvalue weighted by Crippen LogP contribution is 2.53. The summed E-state index contributed by atoms with van der Waals surface area (Å²) in [6.45, 7) is 0. The van der Waals surface area contributed by atoms with E-state index < -0.39 is 10.7 Å². The molecule has 2 aromatic rings. The average molecular weight is 345 g/mol. The predicted molar refractivity (Wildman–Crippen MR) is 90.9 cm³/mol. The van der Waals surface area contributed by atoms with Gasteiger partial charge in [0.1, 0.15) is 5.82 Å². The fourth-order valence-corrected chi connectivity index (χ4v) is 4.04. The largest absolute Gasteiger partial charge is 0.375 e. The molecule has 2 aliphatic rings. The lowest BCUT2D eigenvalue weighted by Gasteiger charge is -2.37.